The fourth-order valence-electron chi connectivity index (χ4n) is 1.95. The quantitative estimate of drug-likeness (QED) is 0.891. The predicted molar refractivity (Wildman–Crippen MR) is 68.9 cm³/mol. The lowest BCUT2D eigenvalue weighted by Gasteiger charge is -2.21. The SMILES string of the molecule is CCCC(=O)N[C@@H](C)c1ccc2c(c1)OCCO2. The van der Waals surface area contributed by atoms with Crippen molar-refractivity contribution in [3.8, 4) is 11.5 Å². The van der Waals surface area contributed by atoms with Gasteiger partial charge in [-0.1, -0.05) is 13.0 Å². The summed E-state index contributed by atoms with van der Waals surface area (Å²) in [5, 5.41) is 2.97. The fourth-order valence-corrected chi connectivity index (χ4v) is 1.95. The molecule has 1 aliphatic rings. The van der Waals surface area contributed by atoms with Crippen LogP contribution in [0, 0.1) is 0 Å². The van der Waals surface area contributed by atoms with Crippen LogP contribution in [-0.2, 0) is 4.79 Å². The molecule has 1 heterocycles. The van der Waals surface area contributed by atoms with E-state index in [1.807, 2.05) is 32.0 Å². The standard InChI is InChI=1S/C14H19NO3/c1-3-4-14(16)15-10(2)11-5-6-12-13(9-11)18-8-7-17-12/h5-6,9-10H,3-4,7-8H2,1-2H3,(H,15,16)/t10-/m0/s1. The number of nitrogens with one attached hydrogen (secondary N) is 1. The first-order valence-electron chi connectivity index (χ1n) is 6.39. The van der Waals surface area contributed by atoms with Crippen molar-refractivity contribution in [1.29, 1.82) is 0 Å². The maximum atomic E-state index is 11.5. The van der Waals surface area contributed by atoms with Crippen LogP contribution in [0.5, 0.6) is 11.5 Å². The monoisotopic (exact) mass is 249 g/mol. The third-order valence-electron chi connectivity index (χ3n) is 2.92. The van der Waals surface area contributed by atoms with Crippen molar-refractivity contribution in [3.63, 3.8) is 0 Å². The average molecular weight is 249 g/mol. The summed E-state index contributed by atoms with van der Waals surface area (Å²) in [4.78, 5) is 11.5. The zero-order chi connectivity index (χ0) is 13.0. The van der Waals surface area contributed by atoms with E-state index in [4.69, 9.17) is 9.47 Å². The van der Waals surface area contributed by atoms with Gasteiger partial charge in [0, 0.05) is 6.42 Å². The molecular weight excluding hydrogens is 230 g/mol. The van der Waals surface area contributed by atoms with Crippen molar-refractivity contribution in [2.24, 2.45) is 0 Å². The molecule has 0 saturated heterocycles. The van der Waals surface area contributed by atoms with E-state index < -0.39 is 0 Å². The summed E-state index contributed by atoms with van der Waals surface area (Å²) in [6.45, 7) is 5.13. The lowest BCUT2D eigenvalue weighted by atomic mass is 10.1. The second-order valence-electron chi connectivity index (χ2n) is 4.44. The molecule has 0 spiro atoms. The average Bonchev–Trinajstić information content (AvgIpc) is 2.38. The van der Waals surface area contributed by atoms with Crippen LogP contribution in [-0.4, -0.2) is 19.1 Å². The highest BCUT2D eigenvalue weighted by molar-refractivity contribution is 5.76. The number of amides is 1. The summed E-state index contributed by atoms with van der Waals surface area (Å²) in [5.41, 5.74) is 1.03. The van der Waals surface area contributed by atoms with Gasteiger partial charge in [0.25, 0.3) is 0 Å². The fraction of sp³-hybridized carbons (Fsp3) is 0.500. The number of hydrogen-bond acceptors (Lipinski definition) is 3. The van der Waals surface area contributed by atoms with E-state index >= 15 is 0 Å². The molecule has 0 aromatic heterocycles. The molecule has 1 N–H and O–H groups in total. The molecule has 1 aromatic carbocycles. The number of ether oxygens (including phenoxy) is 2. The molecule has 1 aromatic rings. The van der Waals surface area contributed by atoms with Gasteiger partial charge >= 0.3 is 0 Å². The maximum Gasteiger partial charge on any atom is 0.220 e. The molecule has 1 aliphatic heterocycles. The van der Waals surface area contributed by atoms with E-state index in [0.29, 0.717) is 19.6 Å². The number of hydrogen-bond donors (Lipinski definition) is 1. The number of rotatable bonds is 4. The Bertz CT molecular complexity index is 431. The first kappa shape index (κ1) is 12.7. The summed E-state index contributed by atoms with van der Waals surface area (Å²) >= 11 is 0. The Morgan fingerprint density at radius 3 is 2.78 bits per heavy atom. The minimum atomic E-state index is -0.0140. The van der Waals surface area contributed by atoms with Crippen LogP contribution in [0.2, 0.25) is 0 Å². The normalized spacial score (nSPS) is 15.0. The van der Waals surface area contributed by atoms with E-state index in [1.165, 1.54) is 0 Å². The maximum absolute atomic E-state index is 11.5. The summed E-state index contributed by atoms with van der Waals surface area (Å²) in [7, 11) is 0. The Hall–Kier alpha value is -1.71. The molecule has 98 valence electrons. The van der Waals surface area contributed by atoms with E-state index in [-0.39, 0.29) is 11.9 Å². The molecule has 0 radical (unpaired) electrons. The minimum absolute atomic E-state index is 0.0140. The van der Waals surface area contributed by atoms with Gasteiger partial charge in [0.2, 0.25) is 5.91 Å². The van der Waals surface area contributed by atoms with Gasteiger partial charge in [-0.25, -0.2) is 0 Å². The van der Waals surface area contributed by atoms with E-state index in [1.54, 1.807) is 0 Å². The predicted octanol–water partition coefficient (Wildman–Crippen LogP) is 2.44. The van der Waals surface area contributed by atoms with Crippen LogP contribution in [0.1, 0.15) is 38.3 Å². The van der Waals surface area contributed by atoms with Gasteiger partial charge in [0.1, 0.15) is 13.2 Å². The smallest absolute Gasteiger partial charge is 0.220 e. The van der Waals surface area contributed by atoms with Crippen LogP contribution < -0.4 is 14.8 Å². The summed E-state index contributed by atoms with van der Waals surface area (Å²) in [5.74, 6) is 1.62. The molecule has 0 aliphatic carbocycles. The van der Waals surface area contributed by atoms with Gasteiger partial charge in [-0.05, 0) is 31.0 Å². The molecule has 1 atom stereocenters. The van der Waals surface area contributed by atoms with Crippen LogP contribution in [0.15, 0.2) is 18.2 Å². The molecule has 4 nitrogen and oxygen atoms in total. The van der Waals surface area contributed by atoms with Crippen molar-refractivity contribution in [3.05, 3.63) is 23.8 Å². The second kappa shape index (κ2) is 5.76. The molecule has 4 heteroatoms. The Morgan fingerprint density at radius 2 is 2.06 bits per heavy atom. The Kier molecular flexibility index (Phi) is 4.07. The Balaban J connectivity index is 2.06. The molecule has 0 bridgehead atoms. The second-order valence-corrected chi connectivity index (χ2v) is 4.44. The molecule has 18 heavy (non-hydrogen) atoms. The molecular formula is C14H19NO3. The molecule has 0 fully saturated rings. The number of carbonyl (C=O) groups excluding carboxylic acids is 1. The first-order chi connectivity index (χ1) is 8.70. The van der Waals surface area contributed by atoms with Crippen molar-refractivity contribution in [1.82, 2.24) is 5.32 Å². The topological polar surface area (TPSA) is 47.6 Å². The highest BCUT2D eigenvalue weighted by Crippen LogP contribution is 2.32. The number of benzene rings is 1. The van der Waals surface area contributed by atoms with Gasteiger partial charge < -0.3 is 14.8 Å². The number of carbonyl (C=O) groups is 1. The molecule has 1 amide bonds. The van der Waals surface area contributed by atoms with Gasteiger partial charge in [-0.15, -0.1) is 0 Å². The summed E-state index contributed by atoms with van der Waals surface area (Å²) in [6.07, 6.45) is 1.43. The first-order valence-corrected chi connectivity index (χ1v) is 6.39. The van der Waals surface area contributed by atoms with Gasteiger partial charge in [-0.2, -0.15) is 0 Å². The zero-order valence-corrected chi connectivity index (χ0v) is 10.9. The summed E-state index contributed by atoms with van der Waals surface area (Å²) < 4.78 is 11.0. The van der Waals surface area contributed by atoms with Gasteiger partial charge in [0.05, 0.1) is 6.04 Å². The highest BCUT2D eigenvalue weighted by Gasteiger charge is 2.15. The number of fused-ring (bicyclic) bond motifs is 1. The zero-order valence-electron chi connectivity index (χ0n) is 10.9. The molecule has 0 saturated carbocycles. The van der Waals surface area contributed by atoms with Crippen molar-refractivity contribution < 1.29 is 14.3 Å². The van der Waals surface area contributed by atoms with Crippen LogP contribution in [0.4, 0.5) is 0 Å². The summed E-state index contributed by atoms with van der Waals surface area (Å²) in [6, 6.07) is 5.78. The lowest BCUT2D eigenvalue weighted by Crippen LogP contribution is -2.26. The van der Waals surface area contributed by atoms with E-state index in [2.05, 4.69) is 5.32 Å². The van der Waals surface area contributed by atoms with Crippen LogP contribution in [0.25, 0.3) is 0 Å². The van der Waals surface area contributed by atoms with Crippen LogP contribution >= 0.6 is 0 Å². The highest BCUT2D eigenvalue weighted by atomic mass is 16.6. The van der Waals surface area contributed by atoms with Crippen molar-refractivity contribution >= 4 is 5.91 Å². The third kappa shape index (κ3) is 2.94. The minimum Gasteiger partial charge on any atom is -0.486 e. The van der Waals surface area contributed by atoms with E-state index in [9.17, 15) is 4.79 Å². The molecule has 0 unspecified atom stereocenters. The van der Waals surface area contributed by atoms with Gasteiger partial charge in [-0.3, -0.25) is 4.79 Å². The lowest BCUT2D eigenvalue weighted by molar-refractivity contribution is -0.121. The molecule has 2 rings (SSSR count). The van der Waals surface area contributed by atoms with Crippen molar-refractivity contribution in [2.45, 2.75) is 32.7 Å². The van der Waals surface area contributed by atoms with Crippen molar-refractivity contribution in [2.75, 3.05) is 13.2 Å². The third-order valence-corrected chi connectivity index (χ3v) is 2.92. The Morgan fingerprint density at radius 1 is 1.33 bits per heavy atom. The van der Waals surface area contributed by atoms with Gasteiger partial charge in [0.15, 0.2) is 11.5 Å². The van der Waals surface area contributed by atoms with Crippen LogP contribution in [0.3, 0.4) is 0 Å². The largest absolute Gasteiger partial charge is 0.486 e. The Labute approximate surface area is 107 Å². The van der Waals surface area contributed by atoms with E-state index in [0.717, 1.165) is 23.5 Å².